The second-order valence-corrected chi connectivity index (χ2v) is 10.7. The molecule has 0 aromatic heterocycles. The Morgan fingerprint density at radius 2 is 1.35 bits per heavy atom. The summed E-state index contributed by atoms with van der Waals surface area (Å²) in [6.45, 7) is 14.8. The van der Waals surface area contributed by atoms with E-state index in [9.17, 15) is 27.9 Å². The number of amides is 2. The van der Waals surface area contributed by atoms with E-state index in [1.807, 2.05) is 38.1 Å². The summed E-state index contributed by atoms with van der Waals surface area (Å²) < 4.78 is 37.2. The number of carbonyl (C=O) groups is 3. The summed E-state index contributed by atoms with van der Waals surface area (Å²) in [5.74, 6) is -1.44. The number of unbranched alkanes of at least 4 members (excludes halogenated alkanes) is 1. The lowest BCUT2D eigenvalue weighted by atomic mass is 10.00. The Morgan fingerprint density at radius 3 is 1.88 bits per heavy atom. The number of aryl methyl sites for hydroxylation is 2. The van der Waals surface area contributed by atoms with Gasteiger partial charge in [-0.05, 0) is 92.4 Å². The number of carboxylic acid groups (broad SMARTS) is 2. The molecular weight excluding hydrogens is 567 g/mol. The molecule has 240 valence electrons. The molecule has 0 aliphatic rings. The fourth-order valence-corrected chi connectivity index (χ4v) is 3.87. The third kappa shape index (κ3) is 13.8. The first kappa shape index (κ1) is 37.2. The van der Waals surface area contributed by atoms with E-state index in [-0.39, 0.29) is 0 Å². The fraction of sp³-hybridized carbons (Fsp3) is 0.516. The lowest BCUT2D eigenvalue weighted by Gasteiger charge is -2.23. The second-order valence-electron chi connectivity index (χ2n) is 10.7. The highest BCUT2D eigenvalue weighted by molar-refractivity contribution is 5.87. The summed E-state index contributed by atoms with van der Waals surface area (Å²) in [4.78, 5) is 34.3. The van der Waals surface area contributed by atoms with Gasteiger partial charge < -0.3 is 25.6 Å². The molecule has 0 aliphatic carbocycles. The van der Waals surface area contributed by atoms with Crippen molar-refractivity contribution < 1.29 is 42.5 Å². The number of hydrogen-bond donors (Lipinski definition) is 4. The number of benzene rings is 2. The number of nitrogens with zero attached hydrogens (tertiary/aromatic N) is 1. The Bertz CT molecular complexity index is 1200. The molecule has 2 rings (SSSR count). The topological polar surface area (TPSA) is 128 Å². The van der Waals surface area contributed by atoms with Gasteiger partial charge >= 0.3 is 24.3 Å². The van der Waals surface area contributed by atoms with Crippen LogP contribution in [-0.4, -0.2) is 60.7 Å². The summed E-state index contributed by atoms with van der Waals surface area (Å²) >= 11 is 0. The van der Waals surface area contributed by atoms with Crippen molar-refractivity contribution in [1.82, 2.24) is 10.6 Å². The van der Waals surface area contributed by atoms with Gasteiger partial charge in [0.15, 0.2) is 0 Å². The van der Waals surface area contributed by atoms with Gasteiger partial charge in [0.05, 0.1) is 5.69 Å². The van der Waals surface area contributed by atoms with Crippen molar-refractivity contribution in [2.75, 3.05) is 31.1 Å². The lowest BCUT2D eigenvalue weighted by Crippen LogP contribution is -2.33. The fourth-order valence-electron chi connectivity index (χ4n) is 3.87. The average molecular weight is 612 g/mol. The molecule has 0 saturated heterocycles. The van der Waals surface area contributed by atoms with Crippen LogP contribution in [0.3, 0.4) is 0 Å². The van der Waals surface area contributed by atoms with Crippen LogP contribution in [0, 0.1) is 13.8 Å². The number of carbonyl (C=O) groups excluding carboxylic acids is 1. The molecule has 2 amide bonds. The highest BCUT2D eigenvalue weighted by Gasteiger charge is 2.38. The van der Waals surface area contributed by atoms with Gasteiger partial charge in [0.1, 0.15) is 5.75 Å². The van der Waals surface area contributed by atoms with Gasteiger partial charge in [-0.3, -0.25) is 4.90 Å². The highest BCUT2D eigenvalue weighted by atomic mass is 19.4. The summed E-state index contributed by atoms with van der Waals surface area (Å²) in [7, 11) is 0. The summed E-state index contributed by atoms with van der Waals surface area (Å²) in [5.41, 5.74) is 4.93. The smallest absolute Gasteiger partial charge is 0.475 e. The zero-order valence-corrected chi connectivity index (χ0v) is 25.7. The van der Waals surface area contributed by atoms with Crippen LogP contribution >= 0.6 is 0 Å². The van der Waals surface area contributed by atoms with Crippen LogP contribution in [0.2, 0.25) is 0 Å². The van der Waals surface area contributed by atoms with E-state index in [1.165, 1.54) is 4.90 Å². The Balaban J connectivity index is 0.00000117. The van der Waals surface area contributed by atoms with Crippen LogP contribution in [0.15, 0.2) is 36.4 Å². The summed E-state index contributed by atoms with van der Waals surface area (Å²) in [6.07, 6.45) is -3.99. The standard InChI is InChI=1S/C29H43N3O4.C2HF3O2/c1-20(2)24-12-10-22(5)26(18-24)32(29(34)35)17-9-15-30-14-7-8-16-31-28(33)36-27-19-25(21(3)4)13-11-23(27)6;3-2(4,5)1(6)7/h10-13,18-21,30H,7-9,14-17H2,1-6H3,(H,31,33)(H,34,35);(H,6,7). The number of ether oxygens (including phenoxy) is 1. The van der Waals surface area contributed by atoms with Crippen molar-refractivity contribution in [3.05, 3.63) is 58.7 Å². The summed E-state index contributed by atoms with van der Waals surface area (Å²) in [6, 6.07) is 12.0. The van der Waals surface area contributed by atoms with Gasteiger partial charge in [-0.2, -0.15) is 13.2 Å². The minimum atomic E-state index is -5.08. The van der Waals surface area contributed by atoms with Crippen molar-refractivity contribution in [3.63, 3.8) is 0 Å². The Kier molecular flexibility index (Phi) is 15.6. The first-order valence-corrected chi connectivity index (χ1v) is 14.2. The average Bonchev–Trinajstić information content (AvgIpc) is 2.91. The van der Waals surface area contributed by atoms with Gasteiger partial charge in [0.2, 0.25) is 0 Å². The molecule has 0 atom stereocenters. The Hall–Kier alpha value is -3.80. The molecule has 0 radical (unpaired) electrons. The maximum atomic E-state index is 12.1. The van der Waals surface area contributed by atoms with Crippen molar-refractivity contribution in [3.8, 4) is 5.75 Å². The highest BCUT2D eigenvalue weighted by Crippen LogP contribution is 2.26. The van der Waals surface area contributed by atoms with Crippen molar-refractivity contribution >= 4 is 23.8 Å². The van der Waals surface area contributed by atoms with Gasteiger partial charge in [-0.1, -0.05) is 52.0 Å². The van der Waals surface area contributed by atoms with Crippen LogP contribution in [0.5, 0.6) is 5.75 Å². The lowest BCUT2D eigenvalue weighted by molar-refractivity contribution is -0.192. The van der Waals surface area contributed by atoms with Gasteiger partial charge in [0.25, 0.3) is 0 Å². The number of hydrogen-bond acceptors (Lipinski definition) is 5. The van der Waals surface area contributed by atoms with Crippen LogP contribution in [0.1, 0.15) is 81.0 Å². The molecule has 0 unspecified atom stereocenters. The largest absolute Gasteiger partial charge is 0.490 e. The van der Waals surface area contributed by atoms with E-state index in [1.54, 1.807) is 0 Å². The predicted octanol–water partition coefficient (Wildman–Crippen LogP) is 7.22. The molecule has 12 heteroatoms. The minimum absolute atomic E-state index is 0.346. The Labute approximate surface area is 251 Å². The number of anilines is 1. The second kappa shape index (κ2) is 18.0. The number of rotatable bonds is 13. The maximum absolute atomic E-state index is 12.1. The molecule has 9 nitrogen and oxygen atoms in total. The van der Waals surface area contributed by atoms with E-state index in [0.29, 0.717) is 30.7 Å². The van der Waals surface area contributed by atoms with Crippen LogP contribution < -0.4 is 20.3 Å². The van der Waals surface area contributed by atoms with E-state index >= 15 is 0 Å². The van der Waals surface area contributed by atoms with Crippen molar-refractivity contribution in [1.29, 1.82) is 0 Å². The maximum Gasteiger partial charge on any atom is 0.490 e. The number of aliphatic carboxylic acids is 1. The zero-order chi connectivity index (χ0) is 32.7. The molecule has 0 aliphatic heterocycles. The van der Waals surface area contributed by atoms with Crippen LogP contribution in [-0.2, 0) is 4.79 Å². The van der Waals surface area contributed by atoms with Gasteiger partial charge in [0, 0.05) is 13.1 Å². The molecule has 0 saturated carbocycles. The van der Waals surface area contributed by atoms with Crippen molar-refractivity contribution in [2.45, 2.75) is 78.8 Å². The minimum Gasteiger partial charge on any atom is -0.475 e. The first-order chi connectivity index (χ1) is 20.0. The predicted molar refractivity (Wildman–Crippen MR) is 160 cm³/mol. The summed E-state index contributed by atoms with van der Waals surface area (Å²) in [5, 5.41) is 23.0. The normalized spacial score (nSPS) is 11.1. The van der Waals surface area contributed by atoms with Crippen molar-refractivity contribution in [2.24, 2.45) is 0 Å². The van der Waals surface area contributed by atoms with Crippen LogP contribution in [0.25, 0.3) is 0 Å². The van der Waals surface area contributed by atoms with E-state index in [0.717, 1.165) is 60.3 Å². The third-order valence-electron chi connectivity index (χ3n) is 6.53. The molecule has 0 fully saturated rings. The van der Waals surface area contributed by atoms with E-state index in [4.69, 9.17) is 14.6 Å². The monoisotopic (exact) mass is 611 g/mol. The molecule has 0 heterocycles. The number of alkyl halides is 3. The zero-order valence-electron chi connectivity index (χ0n) is 25.7. The molecule has 2 aromatic carbocycles. The number of nitrogens with one attached hydrogen (secondary N) is 2. The first-order valence-electron chi connectivity index (χ1n) is 14.2. The number of halogens is 3. The van der Waals surface area contributed by atoms with E-state index in [2.05, 4.69) is 50.5 Å². The van der Waals surface area contributed by atoms with Gasteiger partial charge in [-0.15, -0.1) is 0 Å². The molecular formula is C31H44F3N3O6. The van der Waals surface area contributed by atoms with Crippen LogP contribution in [0.4, 0.5) is 28.4 Å². The van der Waals surface area contributed by atoms with E-state index < -0.39 is 24.3 Å². The number of carboxylic acids is 1. The molecule has 0 spiro atoms. The molecule has 2 aromatic rings. The quantitative estimate of drug-likeness (QED) is 0.176. The van der Waals surface area contributed by atoms with Gasteiger partial charge in [-0.25, -0.2) is 14.4 Å². The Morgan fingerprint density at radius 1 is 0.837 bits per heavy atom. The third-order valence-corrected chi connectivity index (χ3v) is 6.53. The SMILES string of the molecule is Cc1ccc(C(C)C)cc1OC(=O)NCCCCNCCCN(C(=O)O)c1cc(C(C)C)ccc1C.O=C(O)C(F)(F)F. The molecule has 43 heavy (non-hydrogen) atoms. The molecule has 0 bridgehead atoms. The molecule has 4 N–H and O–H groups in total.